The third-order valence-electron chi connectivity index (χ3n) is 4.16. The molecule has 5 heteroatoms. The van der Waals surface area contributed by atoms with Gasteiger partial charge in [0.25, 0.3) is 0 Å². The summed E-state index contributed by atoms with van der Waals surface area (Å²) in [6.45, 7) is 6.90. The van der Waals surface area contributed by atoms with Crippen LogP contribution in [0.3, 0.4) is 0 Å². The van der Waals surface area contributed by atoms with Crippen LogP contribution < -0.4 is 10.0 Å². The molecule has 0 aliphatic rings. The van der Waals surface area contributed by atoms with Crippen LogP contribution in [0.1, 0.15) is 54.1 Å². The molecule has 0 heterocycles. The predicted molar refractivity (Wildman–Crippen MR) is 116 cm³/mol. The van der Waals surface area contributed by atoms with E-state index in [-0.39, 0.29) is 33.0 Å². The first-order chi connectivity index (χ1) is 12.0. The van der Waals surface area contributed by atoms with Crippen molar-refractivity contribution >= 4 is 49.9 Å². The zero-order valence-corrected chi connectivity index (χ0v) is 17.0. The molecule has 2 rings (SSSR count). The van der Waals surface area contributed by atoms with Gasteiger partial charge in [0.15, 0.2) is 5.52 Å². The van der Waals surface area contributed by atoms with Gasteiger partial charge in [-0.1, -0.05) is 56.0 Å². The van der Waals surface area contributed by atoms with E-state index in [0.717, 1.165) is 35.2 Å². The molecule has 0 N–H and O–H groups in total. The van der Waals surface area contributed by atoms with E-state index < -0.39 is 0 Å². The van der Waals surface area contributed by atoms with E-state index in [2.05, 4.69) is 6.92 Å². The molecule has 0 amide bonds. The van der Waals surface area contributed by atoms with Crippen molar-refractivity contribution in [1.82, 2.24) is 0 Å². The van der Waals surface area contributed by atoms with Crippen molar-refractivity contribution in [2.75, 3.05) is 6.61 Å². The van der Waals surface area contributed by atoms with Crippen LogP contribution >= 0.6 is 20.2 Å². The summed E-state index contributed by atoms with van der Waals surface area (Å²) in [7, 11) is 0.0670. The molecule has 0 saturated heterocycles. The Balaban J connectivity index is 0.00000338. The molecule has 0 radical (unpaired) electrons. The van der Waals surface area contributed by atoms with E-state index in [9.17, 15) is 4.79 Å². The fraction of sp³-hybridized carbons (Fsp3) is 0.381. The van der Waals surface area contributed by atoms with Gasteiger partial charge in [0.1, 0.15) is 5.75 Å². The maximum atomic E-state index is 12.7. The standard InChI is InChI=1S/C21H26ClO2P.Li.H/c1-4-5-6-7-13-24-17-11-12-19(16(3)14-17)25-21(23)20-15(2)9-8-10-18(20)22;;/h8-12,14,25H,4-7,13H2,1-3H3;;. The van der Waals surface area contributed by atoms with Crippen molar-refractivity contribution in [3.63, 3.8) is 0 Å². The molecule has 0 aliphatic heterocycles. The molecule has 2 aromatic carbocycles. The minimum absolute atomic E-state index is 0. The van der Waals surface area contributed by atoms with Crippen LogP contribution in [0.5, 0.6) is 5.75 Å². The van der Waals surface area contributed by atoms with Crippen LogP contribution in [0.15, 0.2) is 36.4 Å². The van der Waals surface area contributed by atoms with Gasteiger partial charge in [0.2, 0.25) is 0 Å². The third-order valence-corrected chi connectivity index (χ3v) is 5.78. The summed E-state index contributed by atoms with van der Waals surface area (Å²) in [5, 5.41) is 1.57. The third kappa shape index (κ3) is 6.75. The van der Waals surface area contributed by atoms with Gasteiger partial charge in [-0.15, -0.1) is 0 Å². The fourth-order valence-electron chi connectivity index (χ4n) is 2.69. The second-order valence-electron chi connectivity index (χ2n) is 6.27. The van der Waals surface area contributed by atoms with Gasteiger partial charge in [-0.2, -0.15) is 0 Å². The number of halogens is 1. The number of ether oxygens (including phenoxy) is 1. The Bertz CT molecular complexity index is 714. The van der Waals surface area contributed by atoms with Crippen molar-refractivity contribution in [3.8, 4) is 5.75 Å². The summed E-state index contributed by atoms with van der Waals surface area (Å²) < 4.78 is 5.81. The molecule has 2 aromatic rings. The van der Waals surface area contributed by atoms with Gasteiger partial charge in [-0.05, 0) is 63.5 Å². The molecule has 0 saturated carbocycles. The van der Waals surface area contributed by atoms with E-state index >= 15 is 0 Å². The average Bonchev–Trinajstić information content (AvgIpc) is 2.57. The summed E-state index contributed by atoms with van der Waals surface area (Å²) >= 11 is 6.21. The number of rotatable bonds is 9. The van der Waals surface area contributed by atoms with Gasteiger partial charge < -0.3 is 4.74 Å². The molecular weight excluding hydrogens is 358 g/mol. The quantitative estimate of drug-likeness (QED) is 0.328. The summed E-state index contributed by atoms with van der Waals surface area (Å²) in [6.07, 6.45) is 4.78. The van der Waals surface area contributed by atoms with Crippen LogP contribution in [-0.2, 0) is 0 Å². The molecule has 0 fully saturated rings. The summed E-state index contributed by atoms with van der Waals surface area (Å²) in [6, 6.07) is 11.5. The fourth-order valence-corrected chi connectivity index (χ4v) is 4.21. The summed E-state index contributed by atoms with van der Waals surface area (Å²) in [5.74, 6) is 0.879. The zero-order chi connectivity index (χ0) is 18.2. The molecule has 136 valence electrons. The molecule has 0 aliphatic carbocycles. The van der Waals surface area contributed by atoms with Crippen LogP contribution in [0.2, 0.25) is 5.02 Å². The first-order valence-corrected chi connectivity index (χ1v) is 10.2. The van der Waals surface area contributed by atoms with Crippen molar-refractivity contribution < 1.29 is 9.53 Å². The molecular formula is C21H27ClLiO2P. The van der Waals surface area contributed by atoms with E-state index in [4.69, 9.17) is 16.3 Å². The molecule has 1 atom stereocenters. The van der Waals surface area contributed by atoms with Gasteiger partial charge in [0, 0.05) is 5.56 Å². The number of unbranched alkanes of at least 4 members (excludes halogenated alkanes) is 3. The number of aryl methyl sites for hydroxylation is 2. The number of hydrogen-bond donors (Lipinski definition) is 0. The topological polar surface area (TPSA) is 26.3 Å². The minimum atomic E-state index is 0. The Labute approximate surface area is 176 Å². The van der Waals surface area contributed by atoms with E-state index in [1.54, 1.807) is 6.07 Å². The van der Waals surface area contributed by atoms with Crippen LogP contribution in [0.25, 0.3) is 0 Å². The molecule has 1 unspecified atom stereocenters. The number of carbonyl (C=O) groups excluding carboxylic acids is 1. The Morgan fingerprint density at radius 3 is 2.50 bits per heavy atom. The second kappa shape index (κ2) is 11.8. The molecule has 0 bridgehead atoms. The van der Waals surface area contributed by atoms with Gasteiger partial charge >= 0.3 is 18.9 Å². The van der Waals surface area contributed by atoms with E-state index in [0.29, 0.717) is 10.6 Å². The van der Waals surface area contributed by atoms with Crippen molar-refractivity contribution in [3.05, 3.63) is 58.1 Å². The Hall–Kier alpha value is -0.773. The van der Waals surface area contributed by atoms with E-state index in [1.807, 2.05) is 44.2 Å². The molecule has 2 nitrogen and oxygen atoms in total. The van der Waals surface area contributed by atoms with Crippen molar-refractivity contribution in [2.45, 2.75) is 46.5 Å². The van der Waals surface area contributed by atoms with Crippen LogP contribution in [-0.4, -0.2) is 31.0 Å². The number of carbonyl (C=O) groups is 1. The van der Waals surface area contributed by atoms with Gasteiger partial charge in [-0.3, -0.25) is 4.79 Å². The average molecular weight is 385 g/mol. The predicted octanol–water partition coefficient (Wildman–Crippen LogP) is 5.41. The first-order valence-electron chi connectivity index (χ1n) is 8.83. The maximum absolute atomic E-state index is 12.7. The summed E-state index contributed by atoms with van der Waals surface area (Å²) in [4.78, 5) is 12.7. The molecule has 26 heavy (non-hydrogen) atoms. The molecule has 0 aromatic heterocycles. The zero-order valence-electron chi connectivity index (χ0n) is 15.2. The van der Waals surface area contributed by atoms with Crippen LogP contribution in [0, 0.1) is 13.8 Å². The van der Waals surface area contributed by atoms with Gasteiger partial charge in [0.05, 0.1) is 11.6 Å². The Kier molecular flexibility index (Phi) is 10.6. The van der Waals surface area contributed by atoms with Crippen molar-refractivity contribution in [2.24, 2.45) is 0 Å². The monoisotopic (exact) mass is 384 g/mol. The summed E-state index contributed by atoms with van der Waals surface area (Å²) in [5.41, 5.74) is 2.73. The first kappa shape index (κ1) is 23.3. The number of benzene rings is 2. The SMILES string of the molecule is CCCCCCOc1ccc(PC(=O)c2c(C)cccc2Cl)c(C)c1.[LiH]. The Morgan fingerprint density at radius 2 is 1.85 bits per heavy atom. The van der Waals surface area contributed by atoms with Crippen molar-refractivity contribution in [1.29, 1.82) is 0 Å². The number of hydrogen-bond acceptors (Lipinski definition) is 2. The van der Waals surface area contributed by atoms with Gasteiger partial charge in [-0.25, -0.2) is 0 Å². The Morgan fingerprint density at radius 1 is 1.08 bits per heavy atom. The van der Waals surface area contributed by atoms with Crippen LogP contribution in [0.4, 0.5) is 0 Å². The van der Waals surface area contributed by atoms with E-state index in [1.165, 1.54) is 19.3 Å². The molecule has 0 spiro atoms. The normalized spacial score (nSPS) is 10.8. The second-order valence-corrected chi connectivity index (χ2v) is 7.92.